The first-order valence-corrected chi connectivity index (χ1v) is 5.24. The fourth-order valence-corrected chi connectivity index (χ4v) is 1.01. The summed E-state index contributed by atoms with van der Waals surface area (Å²) < 4.78 is 4.85. The molecule has 1 N–H and O–H groups in total. The number of carbonyl (C=O) groups is 1. The Labute approximate surface area is 91.6 Å². The standard InChI is InChI=1S/C11H20N2O2/c1-5-15-10(14)9(2)13-7-6-11(3,4)8-12/h9,13H,5-7H2,1-4H3. The largest absolute Gasteiger partial charge is 0.465 e. The number of hydrogen-bond donors (Lipinski definition) is 1. The van der Waals surface area contributed by atoms with Crippen molar-refractivity contribution in [3.05, 3.63) is 0 Å². The van der Waals surface area contributed by atoms with Crippen LogP contribution in [0.25, 0.3) is 0 Å². The summed E-state index contributed by atoms with van der Waals surface area (Å²) in [6, 6.07) is 1.91. The van der Waals surface area contributed by atoms with Crippen molar-refractivity contribution < 1.29 is 9.53 Å². The Kier molecular flexibility index (Phi) is 5.95. The van der Waals surface area contributed by atoms with Crippen LogP contribution in [0.15, 0.2) is 0 Å². The highest BCUT2D eigenvalue weighted by Gasteiger charge is 2.18. The van der Waals surface area contributed by atoms with Crippen molar-refractivity contribution in [3.8, 4) is 6.07 Å². The second-order valence-corrected chi connectivity index (χ2v) is 4.17. The number of nitrogens with one attached hydrogen (secondary N) is 1. The van der Waals surface area contributed by atoms with E-state index in [0.717, 1.165) is 0 Å². The Hall–Kier alpha value is -1.08. The predicted molar refractivity (Wildman–Crippen MR) is 58.1 cm³/mol. The van der Waals surface area contributed by atoms with Crippen LogP contribution in [0.2, 0.25) is 0 Å². The van der Waals surface area contributed by atoms with E-state index in [-0.39, 0.29) is 17.4 Å². The molecule has 0 saturated carbocycles. The van der Waals surface area contributed by atoms with Crippen molar-refractivity contribution in [3.63, 3.8) is 0 Å². The first-order valence-electron chi connectivity index (χ1n) is 5.24. The van der Waals surface area contributed by atoms with Gasteiger partial charge in [0.25, 0.3) is 0 Å². The fraction of sp³-hybridized carbons (Fsp3) is 0.818. The van der Waals surface area contributed by atoms with Crippen LogP contribution in [-0.2, 0) is 9.53 Å². The highest BCUT2D eigenvalue weighted by molar-refractivity contribution is 5.75. The number of hydrogen-bond acceptors (Lipinski definition) is 4. The van der Waals surface area contributed by atoms with Gasteiger partial charge in [0.1, 0.15) is 6.04 Å². The van der Waals surface area contributed by atoms with Gasteiger partial charge in [0.05, 0.1) is 18.1 Å². The molecule has 0 aromatic heterocycles. The summed E-state index contributed by atoms with van der Waals surface area (Å²) in [7, 11) is 0. The van der Waals surface area contributed by atoms with E-state index in [4.69, 9.17) is 10.00 Å². The van der Waals surface area contributed by atoms with E-state index in [9.17, 15) is 4.79 Å². The minimum absolute atomic E-state index is 0.243. The highest BCUT2D eigenvalue weighted by Crippen LogP contribution is 2.17. The number of esters is 1. The van der Waals surface area contributed by atoms with Gasteiger partial charge in [-0.15, -0.1) is 0 Å². The molecule has 0 aliphatic rings. The molecule has 4 heteroatoms. The van der Waals surface area contributed by atoms with Crippen molar-refractivity contribution in [2.45, 2.75) is 40.2 Å². The molecule has 0 rings (SSSR count). The summed E-state index contributed by atoms with van der Waals surface area (Å²) in [6.45, 7) is 8.34. The summed E-state index contributed by atoms with van der Waals surface area (Å²) >= 11 is 0. The number of carbonyl (C=O) groups excluding carboxylic acids is 1. The van der Waals surface area contributed by atoms with Crippen LogP contribution in [0.5, 0.6) is 0 Å². The van der Waals surface area contributed by atoms with Crippen molar-refractivity contribution in [1.82, 2.24) is 5.32 Å². The van der Waals surface area contributed by atoms with Crippen LogP contribution in [0.4, 0.5) is 0 Å². The highest BCUT2D eigenvalue weighted by atomic mass is 16.5. The van der Waals surface area contributed by atoms with Crippen LogP contribution in [0.1, 0.15) is 34.1 Å². The molecule has 0 aromatic rings. The lowest BCUT2D eigenvalue weighted by Crippen LogP contribution is -2.37. The van der Waals surface area contributed by atoms with Gasteiger partial charge >= 0.3 is 5.97 Å². The molecule has 0 fully saturated rings. The molecule has 0 saturated heterocycles. The molecule has 1 atom stereocenters. The summed E-state index contributed by atoms with van der Waals surface area (Å²) in [5, 5.41) is 11.8. The van der Waals surface area contributed by atoms with E-state index in [1.807, 2.05) is 13.8 Å². The van der Waals surface area contributed by atoms with Crippen molar-refractivity contribution in [1.29, 1.82) is 5.26 Å². The monoisotopic (exact) mass is 212 g/mol. The zero-order valence-electron chi connectivity index (χ0n) is 9.96. The maximum absolute atomic E-state index is 11.2. The number of rotatable bonds is 6. The van der Waals surface area contributed by atoms with E-state index < -0.39 is 0 Å². The average Bonchev–Trinajstić information content (AvgIpc) is 2.18. The maximum atomic E-state index is 11.2. The SMILES string of the molecule is CCOC(=O)C(C)NCCC(C)(C)C#N. The Morgan fingerprint density at radius 2 is 2.20 bits per heavy atom. The van der Waals surface area contributed by atoms with Gasteiger partial charge in [-0.1, -0.05) is 0 Å². The van der Waals surface area contributed by atoms with Crippen molar-refractivity contribution in [2.75, 3.05) is 13.2 Å². The molecule has 15 heavy (non-hydrogen) atoms. The van der Waals surface area contributed by atoms with Gasteiger partial charge < -0.3 is 10.1 Å². The summed E-state index contributed by atoms with van der Waals surface area (Å²) in [6.07, 6.45) is 0.716. The maximum Gasteiger partial charge on any atom is 0.322 e. The summed E-state index contributed by atoms with van der Waals surface area (Å²) in [4.78, 5) is 11.2. The molecule has 4 nitrogen and oxygen atoms in total. The molecular formula is C11H20N2O2. The molecule has 0 spiro atoms. The molecule has 0 aromatic carbocycles. The Balaban J connectivity index is 3.78. The van der Waals surface area contributed by atoms with Crippen LogP contribution < -0.4 is 5.32 Å². The third kappa shape index (κ3) is 6.08. The van der Waals surface area contributed by atoms with Crippen LogP contribution in [-0.4, -0.2) is 25.2 Å². The molecular weight excluding hydrogens is 192 g/mol. The normalized spacial score (nSPS) is 13.0. The lowest BCUT2D eigenvalue weighted by atomic mass is 9.91. The lowest BCUT2D eigenvalue weighted by Gasteiger charge is -2.17. The lowest BCUT2D eigenvalue weighted by molar-refractivity contribution is -0.145. The molecule has 0 aliphatic carbocycles. The topological polar surface area (TPSA) is 62.1 Å². The van der Waals surface area contributed by atoms with Gasteiger partial charge in [0.2, 0.25) is 0 Å². The van der Waals surface area contributed by atoms with Crippen LogP contribution in [0.3, 0.4) is 0 Å². The van der Waals surface area contributed by atoms with E-state index in [2.05, 4.69) is 11.4 Å². The van der Waals surface area contributed by atoms with Crippen molar-refractivity contribution >= 4 is 5.97 Å². The first kappa shape index (κ1) is 13.9. The molecule has 0 amide bonds. The second kappa shape index (κ2) is 6.41. The van der Waals surface area contributed by atoms with E-state index >= 15 is 0 Å². The van der Waals surface area contributed by atoms with Gasteiger partial charge in [0, 0.05) is 0 Å². The minimum atomic E-state index is -0.346. The minimum Gasteiger partial charge on any atom is -0.465 e. The number of nitrogens with zero attached hydrogens (tertiary/aromatic N) is 1. The van der Waals surface area contributed by atoms with Gasteiger partial charge in [-0.25, -0.2) is 0 Å². The van der Waals surface area contributed by atoms with E-state index in [1.165, 1.54) is 0 Å². The molecule has 86 valence electrons. The zero-order valence-corrected chi connectivity index (χ0v) is 9.96. The number of ether oxygens (including phenoxy) is 1. The predicted octanol–water partition coefficient (Wildman–Crippen LogP) is 1.47. The molecule has 1 unspecified atom stereocenters. The Bertz CT molecular complexity index is 243. The third-order valence-electron chi connectivity index (χ3n) is 2.14. The van der Waals surface area contributed by atoms with Crippen LogP contribution in [0, 0.1) is 16.7 Å². The number of nitriles is 1. The fourth-order valence-electron chi connectivity index (χ4n) is 1.01. The molecule has 0 radical (unpaired) electrons. The molecule has 0 bridgehead atoms. The van der Waals surface area contributed by atoms with Gasteiger partial charge in [0.15, 0.2) is 0 Å². The zero-order chi connectivity index (χ0) is 11.9. The summed E-state index contributed by atoms with van der Waals surface area (Å²) in [5.74, 6) is -0.243. The van der Waals surface area contributed by atoms with E-state index in [1.54, 1.807) is 13.8 Å². The van der Waals surface area contributed by atoms with Crippen molar-refractivity contribution in [2.24, 2.45) is 5.41 Å². The van der Waals surface area contributed by atoms with E-state index in [0.29, 0.717) is 19.6 Å². The first-order chi connectivity index (χ1) is 6.93. The third-order valence-corrected chi connectivity index (χ3v) is 2.14. The molecule has 0 aliphatic heterocycles. The van der Waals surface area contributed by atoms with Gasteiger partial charge in [-0.2, -0.15) is 5.26 Å². The van der Waals surface area contributed by atoms with Gasteiger partial charge in [-0.3, -0.25) is 4.79 Å². The quantitative estimate of drug-likeness (QED) is 0.677. The average molecular weight is 212 g/mol. The molecule has 0 heterocycles. The summed E-state index contributed by atoms with van der Waals surface area (Å²) in [5.41, 5.74) is -0.346. The van der Waals surface area contributed by atoms with Crippen LogP contribution >= 0.6 is 0 Å². The Morgan fingerprint density at radius 3 is 2.67 bits per heavy atom. The smallest absolute Gasteiger partial charge is 0.322 e. The Morgan fingerprint density at radius 1 is 1.60 bits per heavy atom. The second-order valence-electron chi connectivity index (χ2n) is 4.17. The van der Waals surface area contributed by atoms with Gasteiger partial charge in [-0.05, 0) is 40.7 Å².